The zero-order valence-electron chi connectivity index (χ0n) is 24.0. The molecule has 0 aliphatic carbocycles. The molecule has 9 heteroatoms. The average molecular weight is 543 g/mol. The Morgan fingerprint density at radius 2 is 1.95 bits per heavy atom. The second-order valence-electron chi connectivity index (χ2n) is 10.2. The summed E-state index contributed by atoms with van der Waals surface area (Å²) in [6.07, 6.45) is 3.12. The number of methoxy groups -OCH3 is 2. The van der Waals surface area contributed by atoms with E-state index in [1.807, 2.05) is 6.07 Å². The molecule has 2 aromatic rings. The summed E-state index contributed by atoms with van der Waals surface area (Å²) < 4.78 is 35.1. The summed E-state index contributed by atoms with van der Waals surface area (Å²) in [6.45, 7) is 9.77. The van der Waals surface area contributed by atoms with Gasteiger partial charge in [0.25, 0.3) is 0 Å². The number of fused-ring (bicyclic) bond motifs is 2. The van der Waals surface area contributed by atoms with E-state index < -0.39 is 0 Å². The van der Waals surface area contributed by atoms with E-state index in [0.717, 1.165) is 51.3 Å². The van der Waals surface area contributed by atoms with E-state index in [2.05, 4.69) is 50.4 Å². The van der Waals surface area contributed by atoms with Crippen LogP contribution in [0.3, 0.4) is 0 Å². The number of benzene rings is 2. The van der Waals surface area contributed by atoms with Gasteiger partial charge >= 0.3 is 0 Å². The first-order chi connectivity index (χ1) is 18.9. The van der Waals surface area contributed by atoms with Crippen LogP contribution in [0.15, 0.2) is 24.8 Å². The quantitative estimate of drug-likeness (QED) is 0.337. The SMILES string of the molecule is C=CCOc1c(C)c2c(c(C)c1CC1[C@H](N(C)C)c3c(ccc(OC)c3OCOC)CCN1CO)OCOC2. The van der Waals surface area contributed by atoms with E-state index in [4.69, 9.17) is 28.4 Å². The van der Waals surface area contributed by atoms with Crippen molar-refractivity contribution in [2.24, 2.45) is 0 Å². The van der Waals surface area contributed by atoms with Crippen LogP contribution in [-0.4, -0.2) is 82.7 Å². The maximum absolute atomic E-state index is 10.6. The lowest BCUT2D eigenvalue weighted by molar-refractivity contribution is -0.0175. The third-order valence-electron chi connectivity index (χ3n) is 7.75. The molecular formula is C30H42N2O7. The van der Waals surface area contributed by atoms with Crippen molar-refractivity contribution in [2.75, 3.05) is 61.8 Å². The molecule has 0 saturated carbocycles. The zero-order valence-corrected chi connectivity index (χ0v) is 24.0. The Kier molecular flexibility index (Phi) is 9.74. The largest absolute Gasteiger partial charge is 0.493 e. The van der Waals surface area contributed by atoms with E-state index in [-0.39, 0.29) is 32.4 Å². The summed E-state index contributed by atoms with van der Waals surface area (Å²) in [7, 11) is 7.37. The fraction of sp³-hybridized carbons (Fsp3) is 0.533. The molecule has 4 rings (SSSR count). The second kappa shape index (κ2) is 13.0. The number of aliphatic hydroxyl groups is 1. The van der Waals surface area contributed by atoms with Crippen molar-refractivity contribution in [1.82, 2.24) is 9.80 Å². The van der Waals surface area contributed by atoms with Gasteiger partial charge in [0.15, 0.2) is 25.1 Å². The van der Waals surface area contributed by atoms with Crippen LogP contribution in [0.25, 0.3) is 0 Å². The zero-order chi connectivity index (χ0) is 28.1. The first-order valence-corrected chi connectivity index (χ1v) is 13.3. The monoisotopic (exact) mass is 542 g/mol. The van der Waals surface area contributed by atoms with Gasteiger partial charge in [0.2, 0.25) is 0 Å². The number of likely N-dealkylation sites (N-methyl/N-ethyl adjacent to an activating group) is 1. The van der Waals surface area contributed by atoms with Crippen LogP contribution in [0.1, 0.15) is 39.4 Å². The molecule has 214 valence electrons. The van der Waals surface area contributed by atoms with Gasteiger partial charge in [-0.3, -0.25) is 4.90 Å². The molecule has 0 aromatic heterocycles. The highest BCUT2D eigenvalue weighted by atomic mass is 16.7. The molecule has 0 bridgehead atoms. The van der Waals surface area contributed by atoms with E-state index in [0.29, 0.717) is 37.7 Å². The number of ether oxygens (including phenoxy) is 6. The van der Waals surface area contributed by atoms with Crippen LogP contribution in [0.4, 0.5) is 0 Å². The van der Waals surface area contributed by atoms with Crippen molar-refractivity contribution in [1.29, 1.82) is 0 Å². The van der Waals surface area contributed by atoms with Crippen LogP contribution in [-0.2, 0) is 28.9 Å². The predicted molar refractivity (Wildman–Crippen MR) is 149 cm³/mol. The number of nitrogens with zero attached hydrogens (tertiary/aromatic N) is 2. The first kappa shape index (κ1) is 29.2. The number of hydrogen-bond acceptors (Lipinski definition) is 9. The van der Waals surface area contributed by atoms with Crippen molar-refractivity contribution < 1.29 is 33.5 Å². The minimum Gasteiger partial charge on any atom is -0.493 e. The summed E-state index contributed by atoms with van der Waals surface area (Å²) in [5.41, 5.74) is 6.29. The van der Waals surface area contributed by atoms with E-state index in [1.165, 1.54) is 0 Å². The molecule has 2 aliphatic rings. The maximum Gasteiger partial charge on any atom is 0.189 e. The van der Waals surface area contributed by atoms with Gasteiger partial charge in [0.05, 0.1) is 26.5 Å². The van der Waals surface area contributed by atoms with Crippen molar-refractivity contribution >= 4 is 0 Å². The standard InChI is InChI=1S/C30H42N2O7/c1-8-13-37-28-20(3)23-15-36-18-39-29(23)19(2)22(28)14-24-27(31(4)5)26-21(11-12-32(24)16-33)9-10-25(35-7)30(26)38-17-34-6/h8-10,24,27,33H,1,11-18H2,2-7H3/t24?,27-/m0/s1. The first-order valence-electron chi connectivity index (χ1n) is 13.3. The maximum atomic E-state index is 10.6. The summed E-state index contributed by atoms with van der Waals surface area (Å²) in [6, 6.07) is 3.79. The van der Waals surface area contributed by atoms with Gasteiger partial charge in [0, 0.05) is 42.0 Å². The molecule has 0 spiro atoms. The molecule has 2 atom stereocenters. The fourth-order valence-electron chi connectivity index (χ4n) is 5.90. The van der Waals surface area contributed by atoms with E-state index >= 15 is 0 Å². The third-order valence-corrected chi connectivity index (χ3v) is 7.75. The van der Waals surface area contributed by atoms with Crippen molar-refractivity contribution in [3.8, 4) is 23.0 Å². The molecule has 2 aliphatic heterocycles. The minimum atomic E-state index is -0.135. The van der Waals surface area contributed by atoms with Gasteiger partial charge in [-0.05, 0) is 58.0 Å². The molecular weight excluding hydrogens is 500 g/mol. The lowest BCUT2D eigenvalue weighted by Gasteiger charge is -2.39. The Balaban J connectivity index is 1.90. The van der Waals surface area contributed by atoms with Gasteiger partial charge in [-0.2, -0.15) is 0 Å². The van der Waals surface area contributed by atoms with Gasteiger partial charge in [-0.1, -0.05) is 18.7 Å². The average Bonchev–Trinajstić information content (AvgIpc) is 3.10. The topological polar surface area (TPSA) is 82.1 Å². The van der Waals surface area contributed by atoms with E-state index in [9.17, 15) is 5.11 Å². The van der Waals surface area contributed by atoms with Crippen LogP contribution >= 0.6 is 0 Å². The Hall–Kier alpha value is -2.82. The second-order valence-corrected chi connectivity index (χ2v) is 10.2. The molecule has 2 aromatic carbocycles. The van der Waals surface area contributed by atoms with Crippen LogP contribution in [0.2, 0.25) is 0 Å². The summed E-state index contributed by atoms with van der Waals surface area (Å²) in [5, 5.41) is 10.6. The highest BCUT2D eigenvalue weighted by Gasteiger charge is 2.39. The van der Waals surface area contributed by atoms with Gasteiger partial charge in [-0.25, -0.2) is 0 Å². The molecule has 0 amide bonds. The molecule has 0 fully saturated rings. The lowest BCUT2D eigenvalue weighted by Crippen LogP contribution is -2.46. The third kappa shape index (κ3) is 5.73. The highest BCUT2D eigenvalue weighted by molar-refractivity contribution is 5.60. The Morgan fingerprint density at radius 1 is 1.15 bits per heavy atom. The number of aliphatic hydroxyl groups excluding tert-OH is 1. The van der Waals surface area contributed by atoms with Crippen molar-refractivity contribution in [3.63, 3.8) is 0 Å². The van der Waals surface area contributed by atoms with Gasteiger partial charge < -0.3 is 38.4 Å². The van der Waals surface area contributed by atoms with Crippen LogP contribution < -0.4 is 18.9 Å². The lowest BCUT2D eigenvalue weighted by atomic mass is 9.86. The molecule has 9 nitrogen and oxygen atoms in total. The molecule has 0 radical (unpaired) electrons. The van der Waals surface area contributed by atoms with Crippen molar-refractivity contribution in [2.45, 2.75) is 45.4 Å². The molecule has 2 heterocycles. The smallest absolute Gasteiger partial charge is 0.189 e. The minimum absolute atomic E-state index is 0.0788. The predicted octanol–water partition coefficient (Wildman–Crippen LogP) is 3.75. The van der Waals surface area contributed by atoms with Crippen LogP contribution in [0.5, 0.6) is 23.0 Å². The van der Waals surface area contributed by atoms with Gasteiger partial charge in [-0.15, -0.1) is 0 Å². The Morgan fingerprint density at radius 3 is 2.62 bits per heavy atom. The molecule has 0 saturated heterocycles. The Labute approximate surface area is 231 Å². The number of hydrogen-bond donors (Lipinski definition) is 1. The molecule has 1 unspecified atom stereocenters. The molecule has 1 N–H and O–H groups in total. The fourth-order valence-corrected chi connectivity index (χ4v) is 5.90. The van der Waals surface area contributed by atoms with Crippen LogP contribution in [0, 0.1) is 13.8 Å². The summed E-state index contributed by atoms with van der Waals surface area (Å²) in [4.78, 5) is 4.32. The van der Waals surface area contributed by atoms with Gasteiger partial charge in [0.1, 0.15) is 18.1 Å². The molecule has 39 heavy (non-hydrogen) atoms. The van der Waals surface area contributed by atoms with E-state index in [1.54, 1.807) is 20.3 Å². The summed E-state index contributed by atoms with van der Waals surface area (Å²) in [5.74, 6) is 3.00. The normalized spacial score (nSPS) is 19.1. The Bertz CT molecular complexity index is 1170. The number of rotatable bonds is 11. The van der Waals surface area contributed by atoms with Crippen molar-refractivity contribution in [3.05, 3.63) is 58.2 Å². The summed E-state index contributed by atoms with van der Waals surface area (Å²) >= 11 is 0. The highest BCUT2D eigenvalue weighted by Crippen LogP contribution is 2.46.